The van der Waals surface area contributed by atoms with Crippen molar-refractivity contribution in [2.24, 2.45) is 5.92 Å². The van der Waals surface area contributed by atoms with Crippen LogP contribution >= 0.6 is 0 Å². The number of phenolic OH excluding ortho intramolecular Hbond substituents is 1. The molecule has 1 aliphatic heterocycles. The van der Waals surface area contributed by atoms with E-state index < -0.39 is 11.9 Å². The molecule has 2 aliphatic rings. The maximum Gasteiger partial charge on any atom is 0.328 e. The SMILES string of the molecule is C[C@@H]1[C@H]2Cc3ccc(O)cc3[C@]1(C)CCN2C.O=C(O)/C=C/C(=O)O. The average Bonchev–Trinajstić information content (AvgIpc) is 2.54. The monoisotopic (exact) mass is 347 g/mol. The summed E-state index contributed by atoms with van der Waals surface area (Å²) < 4.78 is 0. The number of phenols is 1. The van der Waals surface area contributed by atoms with E-state index >= 15 is 0 Å². The summed E-state index contributed by atoms with van der Waals surface area (Å²) in [5, 5.41) is 25.4. The first-order chi connectivity index (χ1) is 11.6. The first-order valence-electron chi connectivity index (χ1n) is 8.31. The van der Waals surface area contributed by atoms with Crippen LogP contribution in [0.1, 0.15) is 31.4 Å². The predicted molar refractivity (Wildman–Crippen MR) is 93.8 cm³/mol. The fraction of sp³-hybridized carbons (Fsp3) is 0.474. The van der Waals surface area contributed by atoms with Crippen LogP contribution in [-0.2, 0) is 21.4 Å². The van der Waals surface area contributed by atoms with Crippen molar-refractivity contribution < 1.29 is 24.9 Å². The van der Waals surface area contributed by atoms with Gasteiger partial charge < -0.3 is 20.2 Å². The summed E-state index contributed by atoms with van der Waals surface area (Å²) in [5.41, 5.74) is 3.05. The molecule has 0 amide bonds. The van der Waals surface area contributed by atoms with Gasteiger partial charge >= 0.3 is 11.9 Å². The Bertz CT molecular complexity index is 683. The zero-order valence-corrected chi connectivity index (χ0v) is 14.8. The molecule has 1 heterocycles. The second-order valence-electron chi connectivity index (χ2n) is 7.06. The van der Waals surface area contributed by atoms with Crippen molar-refractivity contribution in [2.75, 3.05) is 13.6 Å². The van der Waals surface area contributed by atoms with E-state index in [4.69, 9.17) is 10.2 Å². The number of hydrogen-bond donors (Lipinski definition) is 3. The Morgan fingerprint density at radius 1 is 1.24 bits per heavy atom. The van der Waals surface area contributed by atoms with Crippen molar-refractivity contribution >= 4 is 11.9 Å². The highest BCUT2D eigenvalue weighted by Crippen LogP contribution is 2.48. The van der Waals surface area contributed by atoms with Crippen LogP contribution in [-0.4, -0.2) is 51.8 Å². The summed E-state index contributed by atoms with van der Waals surface area (Å²) in [6.07, 6.45) is 3.44. The molecule has 3 N–H and O–H groups in total. The van der Waals surface area contributed by atoms with Crippen molar-refractivity contribution in [3.05, 3.63) is 41.5 Å². The number of piperidine rings is 1. The van der Waals surface area contributed by atoms with Crippen LogP contribution in [0.3, 0.4) is 0 Å². The number of carboxylic acid groups (broad SMARTS) is 2. The van der Waals surface area contributed by atoms with Crippen molar-refractivity contribution in [1.82, 2.24) is 4.90 Å². The lowest BCUT2D eigenvalue weighted by Gasteiger charge is -2.53. The highest BCUT2D eigenvalue weighted by atomic mass is 16.4. The molecule has 0 unspecified atom stereocenters. The third-order valence-corrected chi connectivity index (χ3v) is 5.64. The number of nitrogens with zero attached hydrogens (tertiary/aromatic N) is 1. The third-order valence-electron chi connectivity index (χ3n) is 5.64. The van der Waals surface area contributed by atoms with E-state index in [0.29, 0.717) is 29.9 Å². The van der Waals surface area contributed by atoms with Gasteiger partial charge in [0.1, 0.15) is 5.75 Å². The molecule has 1 aromatic rings. The maximum atomic E-state index is 9.73. The van der Waals surface area contributed by atoms with Gasteiger partial charge in [-0.05, 0) is 61.0 Å². The van der Waals surface area contributed by atoms with Crippen LogP contribution in [0.15, 0.2) is 30.4 Å². The van der Waals surface area contributed by atoms with E-state index in [1.807, 2.05) is 12.1 Å². The van der Waals surface area contributed by atoms with Gasteiger partial charge in [-0.15, -0.1) is 0 Å². The zero-order valence-electron chi connectivity index (χ0n) is 14.8. The van der Waals surface area contributed by atoms with Crippen LogP contribution in [0.5, 0.6) is 5.75 Å². The Morgan fingerprint density at radius 2 is 1.84 bits per heavy atom. The maximum absolute atomic E-state index is 9.73. The van der Waals surface area contributed by atoms with Crippen LogP contribution in [0.25, 0.3) is 0 Å². The zero-order chi connectivity index (χ0) is 18.8. The quantitative estimate of drug-likeness (QED) is 0.710. The van der Waals surface area contributed by atoms with Gasteiger partial charge in [0.2, 0.25) is 0 Å². The largest absolute Gasteiger partial charge is 0.508 e. The molecule has 25 heavy (non-hydrogen) atoms. The standard InChI is InChI=1S/C15H21NO.C4H4O4/c1-10-14-8-11-4-5-12(17)9-13(11)15(10,2)6-7-16(14)3;5-3(6)1-2-4(7)8/h4-5,9-10,14,17H,6-8H2,1-3H3;1-2H,(H,5,6)(H,7,8)/b;2-1+/t10-,14-,15-;/m1./s1. The Morgan fingerprint density at radius 3 is 2.40 bits per heavy atom. The Balaban J connectivity index is 0.000000242. The van der Waals surface area contributed by atoms with Gasteiger partial charge in [0.15, 0.2) is 0 Å². The van der Waals surface area contributed by atoms with E-state index in [0.717, 1.165) is 6.42 Å². The molecule has 2 bridgehead atoms. The van der Waals surface area contributed by atoms with Crippen LogP contribution in [0.4, 0.5) is 0 Å². The fourth-order valence-electron chi connectivity index (χ4n) is 3.96. The minimum absolute atomic E-state index is 0.240. The molecule has 0 spiro atoms. The van der Waals surface area contributed by atoms with Gasteiger partial charge in [0.05, 0.1) is 0 Å². The number of hydrogen-bond acceptors (Lipinski definition) is 4. The first-order valence-corrected chi connectivity index (χ1v) is 8.31. The summed E-state index contributed by atoms with van der Waals surface area (Å²) in [4.78, 5) is 21.6. The molecule has 3 atom stereocenters. The summed E-state index contributed by atoms with van der Waals surface area (Å²) in [5.74, 6) is -1.44. The molecule has 1 aromatic carbocycles. The van der Waals surface area contributed by atoms with Gasteiger partial charge in [-0.2, -0.15) is 0 Å². The smallest absolute Gasteiger partial charge is 0.328 e. The fourth-order valence-corrected chi connectivity index (χ4v) is 3.96. The Hall–Kier alpha value is -2.34. The lowest BCUT2D eigenvalue weighted by Crippen LogP contribution is -2.56. The van der Waals surface area contributed by atoms with Gasteiger partial charge in [-0.1, -0.05) is 19.9 Å². The van der Waals surface area contributed by atoms with E-state index in [1.165, 1.54) is 24.1 Å². The average molecular weight is 347 g/mol. The van der Waals surface area contributed by atoms with E-state index in [-0.39, 0.29) is 5.41 Å². The molecule has 0 aromatic heterocycles. The summed E-state index contributed by atoms with van der Waals surface area (Å²) in [6, 6.07) is 6.59. The van der Waals surface area contributed by atoms with Crippen LogP contribution in [0, 0.1) is 5.92 Å². The number of likely N-dealkylation sites (tertiary alicyclic amines) is 1. The number of benzene rings is 1. The summed E-state index contributed by atoms with van der Waals surface area (Å²) >= 11 is 0. The molecule has 0 radical (unpaired) electrons. The first kappa shape index (κ1) is 19.0. The van der Waals surface area contributed by atoms with Crippen LogP contribution < -0.4 is 0 Å². The number of rotatable bonds is 2. The Kier molecular flexibility index (Phi) is 5.52. The van der Waals surface area contributed by atoms with Crippen molar-refractivity contribution in [3.8, 4) is 5.75 Å². The molecule has 3 rings (SSSR count). The molecular weight excluding hydrogens is 322 g/mol. The number of aromatic hydroxyl groups is 1. The lowest BCUT2D eigenvalue weighted by molar-refractivity contribution is -0.134. The van der Waals surface area contributed by atoms with Gasteiger partial charge in [0.25, 0.3) is 0 Å². The molecule has 0 saturated carbocycles. The van der Waals surface area contributed by atoms with E-state index in [9.17, 15) is 14.7 Å². The van der Waals surface area contributed by atoms with Crippen molar-refractivity contribution in [1.29, 1.82) is 0 Å². The number of carbonyl (C=O) groups is 2. The van der Waals surface area contributed by atoms with Gasteiger partial charge in [0, 0.05) is 18.2 Å². The van der Waals surface area contributed by atoms with E-state index in [2.05, 4.69) is 31.9 Å². The van der Waals surface area contributed by atoms with Gasteiger partial charge in [-0.25, -0.2) is 9.59 Å². The predicted octanol–water partition coefficient (Wildman–Crippen LogP) is 2.26. The molecule has 1 saturated heterocycles. The second kappa shape index (κ2) is 7.27. The second-order valence-corrected chi connectivity index (χ2v) is 7.06. The minimum atomic E-state index is -1.26. The number of carboxylic acids is 2. The molecular formula is C19H25NO5. The molecule has 6 heteroatoms. The molecule has 1 aliphatic carbocycles. The van der Waals surface area contributed by atoms with Gasteiger partial charge in [-0.3, -0.25) is 0 Å². The minimum Gasteiger partial charge on any atom is -0.508 e. The normalized spacial score (nSPS) is 28.0. The molecule has 1 fully saturated rings. The number of aliphatic carboxylic acids is 2. The third kappa shape index (κ3) is 4.02. The van der Waals surface area contributed by atoms with Crippen LogP contribution in [0.2, 0.25) is 0 Å². The lowest BCUT2D eigenvalue weighted by atomic mass is 9.59. The number of likely N-dealkylation sites (N-methyl/N-ethyl adjacent to an activating group) is 1. The topological polar surface area (TPSA) is 98.1 Å². The highest BCUT2D eigenvalue weighted by molar-refractivity contribution is 5.89. The molecule has 6 nitrogen and oxygen atoms in total. The highest BCUT2D eigenvalue weighted by Gasteiger charge is 2.47. The number of fused-ring (bicyclic) bond motifs is 4. The summed E-state index contributed by atoms with van der Waals surface area (Å²) in [7, 11) is 2.24. The Labute approximate surface area is 147 Å². The molecule has 136 valence electrons. The van der Waals surface area contributed by atoms with Crippen molar-refractivity contribution in [2.45, 2.75) is 38.1 Å². The van der Waals surface area contributed by atoms with Crippen molar-refractivity contribution in [3.63, 3.8) is 0 Å². The van der Waals surface area contributed by atoms with E-state index in [1.54, 1.807) is 0 Å². The summed E-state index contributed by atoms with van der Waals surface area (Å²) in [6.45, 7) is 5.91.